The quantitative estimate of drug-likeness (QED) is 0.543. The highest BCUT2D eigenvalue weighted by molar-refractivity contribution is 5.90. The summed E-state index contributed by atoms with van der Waals surface area (Å²) in [5.41, 5.74) is 0.653. The van der Waals surface area contributed by atoms with Crippen LogP contribution in [-0.4, -0.2) is 16.0 Å². The molecule has 2 N–H and O–H groups in total. The zero-order valence-corrected chi connectivity index (χ0v) is 7.03. The first-order valence-electron chi connectivity index (χ1n) is 3.79. The third-order valence-corrected chi connectivity index (χ3v) is 1.65. The Hall–Kier alpha value is -1.77. The Morgan fingerprint density at radius 3 is 2.62 bits per heavy atom. The molecule has 0 amide bonds. The van der Waals surface area contributed by atoms with Crippen LogP contribution in [0.2, 0.25) is 0 Å². The molecule has 0 bridgehead atoms. The Morgan fingerprint density at radius 2 is 2.08 bits per heavy atom. The number of aromatic hydroxyl groups is 2. The summed E-state index contributed by atoms with van der Waals surface area (Å²) in [5.74, 6) is -0.519. The Balaban J connectivity index is 2.85. The SMILES string of the molecule is C=CC(=O)Cc1ccc(O)c(O)c1. The number of hydrogen-bond donors (Lipinski definition) is 2. The third kappa shape index (κ3) is 2.33. The van der Waals surface area contributed by atoms with Gasteiger partial charge in [-0.05, 0) is 23.8 Å². The largest absolute Gasteiger partial charge is 0.504 e. The minimum absolute atomic E-state index is 0.120. The van der Waals surface area contributed by atoms with Gasteiger partial charge in [-0.3, -0.25) is 4.79 Å². The van der Waals surface area contributed by atoms with Gasteiger partial charge in [0.1, 0.15) is 0 Å². The predicted molar refractivity (Wildman–Crippen MR) is 48.7 cm³/mol. The van der Waals surface area contributed by atoms with Crippen molar-refractivity contribution in [3.05, 3.63) is 36.4 Å². The summed E-state index contributed by atoms with van der Waals surface area (Å²) in [7, 11) is 0. The van der Waals surface area contributed by atoms with Crippen LogP contribution in [0.1, 0.15) is 5.56 Å². The molecule has 0 aromatic heterocycles. The van der Waals surface area contributed by atoms with E-state index in [0.29, 0.717) is 5.56 Å². The summed E-state index contributed by atoms with van der Waals surface area (Å²) in [6.45, 7) is 3.34. The van der Waals surface area contributed by atoms with Crippen LogP contribution < -0.4 is 0 Å². The number of phenolic OH excluding ortho intramolecular Hbond substituents is 2. The molecule has 68 valence electrons. The van der Waals surface area contributed by atoms with Gasteiger partial charge in [0.25, 0.3) is 0 Å². The van der Waals surface area contributed by atoms with E-state index in [1.54, 1.807) is 6.07 Å². The molecule has 0 saturated carbocycles. The summed E-state index contributed by atoms with van der Waals surface area (Å²) in [4.78, 5) is 10.9. The van der Waals surface area contributed by atoms with Crippen molar-refractivity contribution in [1.29, 1.82) is 0 Å². The summed E-state index contributed by atoms with van der Waals surface area (Å²) in [5, 5.41) is 18.1. The highest BCUT2D eigenvalue weighted by Gasteiger charge is 2.03. The van der Waals surface area contributed by atoms with Crippen molar-refractivity contribution in [3.63, 3.8) is 0 Å². The first-order valence-corrected chi connectivity index (χ1v) is 3.79. The van der Waals surface area contributed by atoms with Gasteiger partial charge in [-0.1, -0.05) is 12.6 Å². The molecule has 0 saturated heterocycles. The summed E-state index contributed by atoms with van der Waals surface area (Å²) < 4.78 is 0. The Kier molecular flexibility index (Phi) is 2.69. The van der Waals surface area contributed by atoms with E-state index in [9.17, 15) is 4.79 Å². The normalized spacial score (nSPS) is 9.54. The summed E-state index contributed by atoms with van der Waals surface area (Å²) in [6, 6.07) is 4.29. The van der Waals surface area contributed by atoms with Crippen LogP contribution in [0.15, 0.2) is 30.9 Å². The maximum atomic E-state index is 10.9. The van der Waals surface area contributed by atoms with Crippen LogP contribution >= 0.6 is 0 Å². The van der Waals surface area contributed by atoms with Crippen molar-refractivity contribution in [2.45, 2.75) is 6.42 Å². The van der Waals surface area contributed by atoms with Crippen LogP contribution in [0.25, 0.3) is 0 Å². The number of allylic oxidation sites excluding steroid dienone is 1. The summed E-state index contributed by atoms with van der Waals surface area (Å²) >= 11 is 0. The van der Waals surface area contributed by atoms with Gasteiger partial charge in [0.05, 0.1) is 0 Å². The van der Waals surface area contributed by atoms with Crippen LogP contribution in [0.3, 0.4) is 0 Å². The number of carbonyl (C=O) groups is 1. The zero-order valence-electron chi connectivity index (χ0n) is 7.03. The molecule has 0 radical (unpaired) electrons. The molecule has 3 nitrogen and oxygen atoms in total. The van der Waals surface area contributed by atoms with Gasteiger partial charge in [-0.15, -0.1) is 0 Å². The second-order valence-electron chi connectivity index (χ2n) is 2.67. The highest BCUT2D eigenvalue weighted by Crippen LogP contribution is 2.24. The van der Waals surface area contributed by atoms with Crippen LogP contribution in [-0.2, 0) is 11.2 Å². The van der Waals surface area contributed by atoms with E-state index in [-0.39, 0.29) is 23.7 Å². The molecule has 0 unspecified atom stereocenters. The number of benzene rings is 1. The van der Waals surface area contributed by atoms with Gasteiger partial charge < -0.3 is 10.2 Å². The van der Waals surface area contributed by atoms with Gasteiger partial charge >= 0.3 is 0 Å². The van der Waals surface area contributed by atoms with Crippen LogP contribution in [0.5, 0.6) is 11.5 Å². The van der Waals surface area contributed by atoms with Crippen molar-refractivity contribution in [3.8, 4) is 11.5 Å². The van der Waals surface area contributed by atoms with Crippen molar-refractivity contribution in [2.75, 3.05) is 0 Å². The maximum absolute atomic E-state index is 10.9. The van der Waals surface area contributed by atoms with Crippen molar-refractivity contribution in [1.82, 2.24) is 0 Å². The van der Waals surface area contributed by atoms with Gasteiger partial charge in [0, 0.05) is 6.42 Å². The third-order valence-electron chi connectivity index (χ3n) is 1.65. The van der Waals surface area contributed by atoms with Gasteiger partial charge in [0.2, 0.25) is 0 Å². The van der Waals surface area contributed by atoms with E-state index >= 15 is 0 Å². The molecule has 0 aliphatic carbocycles. The lowest BCUT2D eigenvalue weighted by atomic mass is 10.1. The molecule has 3 heteroatoms. The molecule has 0 atom stereocenters. The Morgan fingerprint density at radius 1 is 1.38 bits per heavy atom. The first kappa shape index (κ1) is 9.32. The fourth-order valence-corrected chi connectivity index (χ4v) is 0.952. The maximum Gasteiger partial charge on any atom is 0.159 e. The Bertz CT molecular complexity index is 342. The molecular formula is C10H10O3. The molecule has 13 heavy (non-hydrogen) atoms. The molecule has 0 fully saturated rings. The number of phenols is 2. The fraction of sp³-hybridized carbons (Fsp3) is 0.100. The van der Waals surface area contributed by atoms with E-state index in [1.807, 2.05) is 0 Å². The zero-order chi connectivity index (χ0) is 9.84. The van der Waals surface area contributed by atoms with E-state index in [1.165, 1.54) is 18.2 Å². The standard InChI is InChI=1S/C10H10O3/c1-2-8(11)5-7-3-4-9(12)10(13)6-7/h2-4,6,12-13H,1,5H2. The van der Waals surface area contributed by atoms with Gasteiger partial charge in [-0.25, -0.2) is 0 Å². The lowest BCUT2D eigenvalue weighted by Crippen LogP contribution is -1.97. The van der Waals surface area contributed by atoms with Gasteiger partial charge in [0.15, 0.2) is 17.3 Å². The number of ketones is 1. The molecule has 0 aliphatic heterocycles. The van der Waals surface area contributed by atoms with Crippen LogP contribution in [0, 0.1) is 0 Å². The van der Waals surface area contributed by atoms with E-state index in [0.717, 1.165) is 0 Å². The molecule has 1 aromatic carbocycles. The second-order valence-corrected chi connectivity index (χ2v) is 2.67. The summed E-state index contributed by atoms with van der Waals surface area (Å²) in [6.07, 6.45) is 1.42. The first-order chi connectivity index (χ1) is 6.13. The molecule has 0 spiro atoms. The average molecular weight is 178 g/mol. The number of hydrogen-bond acceptors (Lipinski definition) is 3. The lowest BCUT2D eigenvalue weighted by molar-refractivity contribution is -0.114. The van der Waals surface area contributed by atoms with E-state index < -0.39 is 0 Å². The fourth-order valence-electron chi connectivity index (χ4n) is 0.952. The van der Waals surface area contributed by atoms with Crippen molar-refractivity contribution in [2.24, 2.45) is 0 Å². The molecular weight excluding hydrogens is 168 g/mol. The Labute approximate surface area is 76.0 Å². The highest BCUT2D eigenvalue weighted by atomic mass is 16.3. The van der Waals surface area contributed by atoms with E-state index in [2.05, 4.69) is 6.58 Å². The molecule has 0 aliphatic rings. The monoisotopic (exact) mass is 178 g/mol. The van der Waals surface area contributed by atoms with Gasteiger partial charge in [-0.2, -0.15) is 0 Å². The minimum atomic E-state index is -0.214. The lowest BCUT2D eigenvalue weighted by Gasteiger charge is -2.00. The number of carbonyl (C=O) groups excluding carboxylic acids is 1. The number of rotatable bonds is 3. The predicted octanol–water partition coefficient (Wildman–Crippen LogP) is 1.40. The van der Waals surface area contributed by atoms with Crippen molar-refractivity contribution >= 4 is 5.78 Å². The smallest absolute Gasteiger partial charge is 0.159 e. The molecule has 0 heterocycles. The molecule has 1 rings (SSSR count). The topological polar surface area (TPSA) is 57.5 Å². The molecule has 1 aromatic rings. The average Bonchev–Trinajstić information content (AvgIpc) is 2.11. The van der Waals surface area contributed by atoms with E-state index in [4.69, 9.17) is 10.2 Å². The second kappa shape index (κ2) is 3.76. The van der Waals surface area contributed by atoms with Crippen LogP contribution in [0.4, 0.5) is 0 Å². The minimum Gasteiger partial charge on any atom is -0.504 e. The van der Waals surface area contributed by atoms with Crippen molar-refractivity contribution < 1.29 is 15.0 Å².